The molecule has 0 saturated carbocycles. The summed E-state index contributed by atoms with van der Waals surface area (Å²) in [6.45, 7) is 1.07. The number of hydrogen-bond donors (Lipinski definition) is 0. The molecular formula is C16H12F2O2. The van der Waals surface area contributed by atoms with Crippen molar-refractivity contribution in [1.82, 2.24) is 0 Å². The van der Waals surface area contributed by atoms with E-state index in [0.717, 1.165) is 17.2 Å². The highest BCUT2D eigenvalue weighted by atomic mass is 19.1. The van der Waals surface area contributed by atoms with Crippen LogP contribution in [0.3, 0.4) is 0 Å². The second-order valence-corrected chi connectivity index (χ2v) is 4.85. The van der Waals surface area contributed by atoms with Crippen LogP contribution in [0.2, 0.25) is 0 Å². The molecule has 20 heavy (non-hydrogen) atoms. The van der Waals surface area contributed by atoms with E-state index >= 15 is 0 Å². The summed E-state index contributed by atoms with van der Waals surface area (Å²) >= 11 is 0. The zero-order valence-corrected chi connectivity index (χ0v) is 10.7. The molecule has 0 aliphatic carbocycles. The van der Waals surface area contributed by atoms with Crippen LogP contribution < -0.4 is 0 Å². The molecule has 0 aromatic heterocycles. The zero-order chi connectivity index (χ0) is 14.1. The van der Waals surface area contributed by atoms with Crippen molar-refractivity contribution in [1.29, 1.82) is 0 Å². The highest BCUT2D eigenvalue weighted by Gasteiger charge is 2.15. The van der Waals surface area contributed by atoms with Gasteiger partial charge in [0, 0.05) is 18.1 Å². The smallest absolute Gasteiger partial charge is 0.167 e. The first-order chi connectivity index (χ1) is 9.61. The van der Waals surface area contributed by atoms with E-state index in [2.05, 4.69) is 0 Å². The third kappa shape index (κ3) is 2.60. The normalized spacial score (nSPS) is 13.3. The fraction of sp³-hybridized carbons (Fsp3) is 0.188. The topological polar surface area (TPSA) is 26.3 Å². The Morgan fingerprint density at radius 1 is 1.00 bits per heavy atom. The van der Waals surface area contributed by atoms with Gasteiger partial charge in [-0.25, -0.2) is 8.78 Å². The minimum Gasteiger partial charge on any atom is -0.372 e. The van der Waals surface area contributed by atoms with Gasteiger partial charge in [0.05, 0.1) is 13.2 Å². The Morgan fingerprint density at radius 3 is 2.45 bits per heavy atom. The summed E-state index contributed by atoms with van der Waals surface area (Å²) < 4.78 is 31.5. The molecule has 2 nitrogen and oxygen atoms in total. The molecule has 1 aliphatic heterocycles. The van der Waals surface area contributed by atoms with Gasteiger partial charge in [0.25, 0.3) is 0 Å². The van der Waals surface area contributed by atoms with Gasteiger partial charge in [-0.2, -0.15) is 0 Å². The van der Waals surface area contributed by atoms with Crippen molar-refractivity contribution >= 4 is 5.78 Å². The summed E-state index contributed by atoms with van der Waals surface area (Å²) in [6, 6.07) is 8.53. The Bertz CT molecular complexity index is 660. The maximum Gasteiger partial charge on any atom is 0.167 e. The Morgan fingerprint density at radius 2 is 1.70 bits per heavy atom. The van der Waals surface area contributed by atoms with Gasteiger partial charge < -0.3 is 4.74 Å². The number of carbonyl (C=O) groups is 1. The maximum absolute atomic E-state index is 13.1. The van der Waals surface area contributed by atoms with Crippen molar-refractivity contribution in [3.8, 4) is 0 Å². The molecule has 0 amide bonds. The van der Waals surface area contributed by atoms with E-state index in [9.17, 15) is 13.6 Å². The first kappa shape index (κ1) is 12.9. The standard InChI is InChI=1S/C16H12F2O2/c17-14-3-10(4-15(18)7-14)5-16(19)11-1-2-12-8-20-9-13(12)6-11/h1-4,6-7H,5,8-9H2. The maximum atomic E-state index is 13.1. The Balaban J connectivity index is 1.82. The molecule has 0 N–H and O–H groups in total. The Labute approximate surface area is 115 Å². The fourth-order valence-electron chi connectivity index (χ4n) is 2.35. The zero-order valence-electron chi connectivity index (χ0n) is 10.7. The number of halogens is 2. The minimum atomic E-state index is -0.671. The van der Waals surface area contributed by atoms with Gasteiger partial charge >= 0.3 is 0 Å². The molecule has 0 radical (unpaired) electrons. The summed E-state index contributed by atoms with van der Waals surface area (Å²) in [5, 5.41) is 0. The van der Waals surface area contributed by atoms with Crippen molar-refractivity contribution in [3.05, 3.63) is 70.3 Å². The van der Waals surface area contributed by atoms with E-state index in [0.29, 0.717) is 24.3 Å². The van der Waals surface area contributed by atoms with Crippen molar-refractivity contribution in [2.45, 2.75) is 19.6 Å². The average Bonchev–Trinajstić information content (AvgIpc) is 2.84. The largest absolute Gasteiger partial charge is 0.372 e. The van der Waals surface area contributed by atoms with E-state index in [1.54, 1.807) is 12.1 Å². The van der Waals surface area contributed by atoms with Gasteiger partial charge in [-0.3, -0.25) is 4.79 Å². The number of carbonyl (C=O) groups excluding carboxylic acids is 1. The van der Waals surface area contributed by atoms with Crippen LogP contribution in [0.5, 0.6) is 0 Å². The molecule has 0 spiro atoms. The van der Waals surface area contributed by atoms with Crippen molar-refractivity contribution in [2.75, 3.05) is 0 Å². The molecule has 0 bridgehead atoms. The van der Waals surface area contributed by atoms with Crippen LogP contribution in [0.4, 0.5) is 8.78 Å². The first-order valence-electron chi connectivity index (χ1n) is 6.29. The first-order valence-corrected chi connectivity index (χ1v) is 6.29. The Hall–Kier alpha value is -2.07. The van der Waals surface area contributed by atoms with Crippen LogP contribution in [0.1, 0.15) is 27.0 Å². The van der Waals surface area contributed by atoms with Crippen LogP contribution in [0, 0.1) is 11.6 Å². The summed E-state index contributed by atoms with van der Waals surface area (Å²) in [7, 11) is 0. The Kier molecular flexibility index (Phi) is 3.32. The van der Waals surface area contributed by atoms with E-state index in [4.69, 9.17) is 4.74 Å². The van der Waals surface area contributed by atoms with Gasteiger partial charge in [-0.05, 0) is 34.9 Å². The SMILES string of the molecule is O=C(Cc1cc(F)cc(F)c1)c1ccc2c(c1)COC2. The molecule has 1 aliphatic rings. The van der Waals surface area contributed by atoms with Crippen molar-refractivity contribution in [3.63, 3.8) is 0 Å². The predicted molar refractivity (Wildman–Crippen MR) is 69.3 cm³/mol. The lowest BCUT2D eigenvalue weighted by atomic mass is 9.99. The summed E-state index contributed by atoms with van der Waals surface area (Å²) in [5.41, 5.74) is 2.96. The molecule has 3 rings (SSSR count). The average molecular weight is 274 g/mol. The van der Waals surface area contributed by atoms with E-state index < -0.39 is 11.6 Å². The lowest BCUT2D eigenvalue weighted by Crippen LogP contribution is -2.05. The minimum absolute atomic E-state index is 0.0195. The van der Waals surface area contributed by atoms with E-state index in [1.807, 2.05) is 6.07 Å². The predicted octanol–water partition coefficient (Wildman–Crippen LogP) is 3.42. The quantitative estimate of drug-likeness (QED) is 0.802. The molecular weight excluding hydrogens is 262 g/mol. The molecule has 0 fully saturated rings. The van der Waals surface area contributed by atoms with Crippen molar-refractivity contribution < 1.29 is 18.3 Å². The summed E-state index contributed by atoms with van der Waals surface area (Å²) in [6.07, 6.45) is -0.0195. The van der Waals surface area contributed by atoms with Gasteiger partial charge in [-0.1, -0.05) is 12.1 Å². The van der Waals surface area contributed by atoms with Crippen LogP contribution >= 0.6 is 0 Å². The molecule has 102 valence electrons. The fourth-order valence-corrected chi connectivity index (χ4v) is 2.35. The van der Waals surface area contributed by atoms with Crippen LogP contribution in [0.15, 0.2) is 36.4 Å². The second-order valence-electron chi connectivity index (χ2n) is 4.85. The van der Waals surface area contributed by atoms with Crippen LogP contribution in [-0.2, 0) is 24.4 Å². The van der Waals surface area contributed by atoms with Crippen LogP contribution in [-0.4, -0.2) is 5.78 Å². The molecule has 0 saturated heterocycles. The molecule has 2 aromatic rings. The number of hydrogen-bond acceptors (Lipinski definition) is 2. The number of benzene rings is 2. The third-order valence-electron chi connectivity index (χ3n) is 3.33. The lowest BCUT2D eigenvalue weighted by molar-refractivity contribution is 0.0992. The molecule has 0 atom stereocenters. The van der Waals surface area contributed by atoms with Gasteiger partial charge in [0.1, 0.15) is 11.6 Å². The third-order valence-corrected chi connectivity index (χ3v) is 3.33. The monoisotopic (exact) mass is 274 g/mol. The van der Waals surface area contributed by atoms with E-state index in [-0.39, 0.29) is 12.2 Å². The molecule has 2 aromatic carbocycles. The highest BCUT2D eigenvalue weighted by molar-refractivity contribution is 5.97. The van der Waals surface area contributed by atoms with Crippen molar-refractivity contribution in [2.24, 2.45) is 0 Å². The van der Waals surface area contributed by atoms with Crippen LogP contribution in [0.25, 0.3) is 0 Å². The number of Topliss-reactive ketones (excluding diaryl/α,β-unsaturated/α-hetero) is 1. The van der Waals surface area contributed by atoms with E-state index in [1.165, 1.54) is 12.1 Å². The summed E-state index contributed by atoms with van der Waals surface area (Å²) in [5.74, 6) is -1.50. The summed E-state index contributed by atoms with van der Waals surface area (Å²) in [4.78, 5) is 12.2. The number of rotatable bonds is 3. The number of fused-ring (bicyclic) bond motifs is 1. The number of ketones is 1. The second kappa shape index (κ2) is 5.13. The molecule has 4 heteroatoms. The molecule has 0 unspecified atom stereocenters. The number of ether oxygens (including phenoxy) is 1. The highest BCUT2D eigenvalue weighted by Crippen LogP contribution is 2.22. The van der Waals surface area contributed by atoms with Gasteiger partial charge in [0.15, 0.2) is 5.78 Å². The molecule has 1 heterocycles. The van der Waals surface area contributed by atoms with Gasteiger partial charge in [-0.15, -0.1) is 0 Å². The van der Waals surface area contributed by atoms with Gasteiger partial charge in [0.2, 0.25) is 0 Å². The lowest BCUT2D eigenvalue weighted by Gasteiger charge is -2.04.